The number of rotatable bonds is 0. The van der Waals surface area contributed by atoms with E-state index in [1.807, 2.05) is 0 Å². The molecule has 0 aromatic heterocycles. The van der Waals surface area contributed by atoms with E-state index >= 15 is 0 Å². The van der Waals surface area contributed by atoms with Gasteiger partial charge in [-0.25, -0.2) is 0 Å². The van der Waals surface area contributed by atoms with Crippen molar-refractivity contribution in [3.63, 3.8) is 0 Å². The smallest absolute Gasteiger partial charge is 2.00 e. The van der Waals surface area contributed by atoms with Gasteiger partial charge in [0.2, 0.25) is 0 Å². The van der Waals surface area contributed by atoms with Gasteiger partial charge < -0.3 is 16.4 Å². The molecule has 3 nitrogen and oxygen atoms in total. The van der Waals surface area contributed by atoms with Gasteiger partial charge >= 0.3 is 79.5 Å². The van der Waals surface area contributed by atoms with E-state index in [0.717, 1.165) is 0 Å². The molecule has 0 aliphatic rings. The minimum atomic E-state index is 0. The van der Waals surface area contributed by atoms with E-state index in [0.29, 0.717) is 0 Å². The largest absolute Gasteiger partial charge is 3.00 e. The van der Waals surface area contributed by atoms with E-state index in [2.05, 4.69) is 0 Å². The summed E-state index contributed by atoms with van der Waals surface area (Å²) in [5, 5.41) is 0. The van der Waals surface area contributed by atoms with Crippen molar-refractivity contribution in [3.8, 4) is 0 Å². The molecule has 0 saturated heterocycles. The fraction of sp³-hybridized carbons (Fsp3) is 0. The molecular weight excluding hydrogens is 353 g/mol. The van der Waals surface area contributed by atoms with E-state index in [9.17, 15) is 0 Å². The molecule has 0 fully saturated rings. The average molecular weight is 353 g/mol. The third-order valence-corrected chi connectivity index (χ3v) is 0. The Morgan fingerprint density at radius 3 is 0.600 bits per heavy atom. The Kier molecular flexibility index (Phi) is 316. The first-order chi connectivity index (χ1) is 0. The van der Waals surface area contributed by atoms with Crippen molar-refractivity contribution in [1.29, 1.82) is 0 Å². The van der Waals surface area contributed by atoms with Crippen LogP contribution in [0.1, 0.15) is 0 Å². The van der Waals surface area contributed by atoms with Gasteiger partial charge in [0.25, 0.3) is 0 Å². The molecule has 0 atom stereocenters. The van der Waals surface area contributed by atoms with Crippen LogP contribution in [0.4, 0.5) is 0 Å². The predicted molar refractivity (Wildman–Crippen MR) is 2.06 cm³/mol. The van der Waals surface area contributed by atoms with Crippen molar-refractivity contribution in [2.45, 2.75) is 0 Å². The van der Waals surface area contributed by atoms with Crippen molar-refractivity contribution in [2.75, 3.05) is 0 Å². The molecule has 0 rings (SSSR count). The van der Waals surface area contributed by atoms with Gasteiger partial charge in [-0.3, -0.25) is 0 Å². The van der Waals surface area contributed by atoms with Crippen LogP contribution in [0.3, 0.4) is 0 Å². The second-order valence-corrected chi connectivity index (χ2v) is 0. The van der Waals surface area contributed by atoms with E-state index in [1.54, 1.807) is 0 Å². The van der Waals surface area contributed by atoms with Crippen LogP contribution in [-0.2, 0) is 16.4 Å². The number of hydrogen-bond acceptors (Lipinski definition) is 0. The second kappa shape index (κ2) is 31.3. The molecule has 0 saturated carbocycles. The molecule has 0 aliphatic heterocycles. The molecule has 0 aliphatic carbocycles. The maximum absolute atomic E-state index is 0. The normalized spacial score (nSPS) is 0. The van der Waals surface area contributed by atoms with E-state index in [1.165, 1.54) is 0 Å². The molecule has 0 spiro atoms. The summed E-state index contributed by atoms with van der Waals surface area (Å²) in [5.41, 5.74) is 0. The summed E-state index contributed by atoms with van der Waals surface area (Å²) in [5.74, 6) is 0. The Bertz CT molecular complexity index is 6.85. The van der Waals surface area contributed by atoms with Crippen LogP contribution in [0.2, 0.25) is 0 Å². The van der Waals surface area contributed by atoms with Crippen molar-refractivity contribution in [1.82, 2.24) is 0 Å². The van der Waals surface area contributed by atoms with Gasteiger partial charge in [0.1, 0.15) is 0 Å². The molecule has 5 heteroatoms. The Hall–Kier alpha value is 2.52. The molecule has 0 aromatic carbocycles. The van der Waals surface area contributed by atoms with Crippen molar-refractivity contribution >= 4 is 0 Å². The zero-order valence-electron chi connectivity index (χ0n) is 2.03. The predicted octanol–water partition coefficient (Wildman–Crippen LogP) is -0.356. The van der Waals surface area contributed by atoms with Gasteiger partial charge in [0.15, 0.2) is 0 Å². The Morgan fingerprint density at radius 1 is 0.600 bits per heavy atom. The molecule has 0 heterocycles. The average Bonchev–Trinajstić information content (AvgIpc) is 0. The third-order valence-electron chi connectivity index (χ3n) is 0. The van der Waals surface area contributed by atoms with Gasteiger partial charge in [-0.15, -0.1) is 0 Å². The summed E-state index contributed by atoms with van der Waals surface area (Å²) >= 11 is 0. The van der Waals surface area contributed by atoms with Crippen LogP contribution in [0, 0.1) is 79.5 Å². The summed E-state index contributed by atoms with van der Waals surface area (Å²) < 4.78 is 0. The molecule has 0 aromatic rings. The Balaban J connectivity index is 0. The van der Waals surface area contributed by atoms with Crippen molar-refractivity contribution < 1.29 is 95.9 Å². The topological polar surface area (TPSA) is 85.5 Å². The molecule has 0 N–H and O–H groups in total. The summed E-state index contributed by atoms with van der Waals surface area (Å²) in [4.78, 5) is 0. The SMILES string of the molecule is [Ce+3].[Ho+3].[O-2].[O-2].[O-2]. The summed E-state index contributed by atoms with van der Waals surface area (Å²) in [6.07, 6.45) is 0. The minimum Gasteiger partial charge on any atom is -2.00 e. The number of hydrogen-bond donors (Lipinski definition) is 0. The third kappa shape index (κ3) is 21.0. The fourth-order valence-corrected chi connectivity index (χ4v) is 0. The first-order valence-electron chi connectivity index (χ1n) is 0. The summed E-state index contributed by atoms with van der Waals surface area (Å²) in [6.45, 7) is 0. The zero-order chi connectivity index (χ0) is 0. The van der Waals surface area contributed by atoms with Crippen LogP contribution in [0.5, 0.6) is 0 Å². The molecule has 0 amide bonds. The van der Waals surface area contributed by atoms with E-state index < -0.39 is 0 Å². The van der Waals surface area contributed by atoms with E-state index in [-0.39, 0.29) is 95.9 Å². The van der Waals surface area contributed by atoms with Crippen LogP contribution < -0.4 is 0 Å². The maximum Gasteiger partial charge on any atom is 3.00 e. The summed E-state index contributed by atoms with van der Waals surface area (Å²) in [6, 6.07) is 0. The maximum atomic E-state index is 0. The van der Waals surface area contributed by atoms with Crippen LogP contribution >= 0.6 is 0 Å². The summed E-state index contributed by atoms with van der Waals surface area (Å²) in [7, 11) is 0. The first-order valence-corrected chi connectivity index (χ1v) is 0. The fourth-order valence-electron chi connectivity index (χ4n) is 0. The molecule has 5 heavy (non-hydrogen) atoms. The molecule has 0 bridgehead atoms. The van der Waals surface area contributed by atoms with Gasteiger partial charge in [0.05, 0.1) is 0 Å². The minimum absolute atomic E-state index is 0. The monoisotopic (exact) mass is 353 g/mol. The van der Waals surface area contributed by atoms with Gasteiger partial charge in [-0.2, -0.15) is 0 Å². The van der Waals surface area contributed by atoms with Crippen molar-refractivity contribution in [2.24, 2.45) is 0 Å². The Morgan fingerprint density at radius 2 is 0.600 bits per heavy atom. The molecule has 0 unspecified atom stereocenters. The second-order valence-electron chi connectivity index (χ2n) is 0. The standard InChI is InChI=1S/Ce.Ho.3O/q2*+3;3*-2. The molecular formula is CeHoO3. The van der Waals surface area contributed by atoms with E-state index in [4.69, 9.17) is 0 Å². The van der Waals surface area contributed by atoms with Crippen molar-refractivity contribution in [3.05, 3.63) is 0 Å². The quantitative estimate of drug-likeness (QED) is 0.533. The molecule has 33 valence electrons. The Labute approximate surface area is 93.8 Å². The van der Waals surface area contributed by atoms with Crippen LogP contribution in [0.25, 0.3) is 0 Å². The zero-order valence-corrected chi connectivity index (χ0v) is 7.10. The van der Waals surface area contributed by atoms with Gasteiger partial charge in [-0.1, -0.05) is 0 Å². The van der Waals surface area contributed by atoms with Crippen LogP contribution in [-0.4, -0.2) is 0 Å². The first kappa shape index (κ1) is 50.4. The molecule has 1 radical (unpaired) electrons. The van der Waals surface area contributed by atoms with Crippen LogP contribution in [0.15, 0.2) is 0 Å². The van der Waals surface area contributed by atoms with Gasteiger partial charge in [0, 0.05) is 0 Å². The van der Waals surface area contributed by atoms with Gasteiger partial charge in [-0.05, 0) is 0 Å².